The molecule has 3 heteroatoms. The van der Waals surface area contributed by atoms with Gasteiger partial charge in [0, 0.05) is 5.56 Å². The standard InChI is InChI=1S/C15H23NO2/c1-5-6-12(3)10-18-15-9-11(2)7-8-14(15)13(4)16-17/h7-9,12,17H,5-6,10H2,1-4H3/b16-13+. The van der Waals surface area contributed by atoms with Crippen molar-refractivity contribution in [1.82, 2.24) is 0 Å². The summed E-state index contributed by atoms with van der Waals surface area (Å²) in [5.74, 6) is 1.34. The molecule has 0 fully saturated rings. The van der Waals surface area contributed by atoms with E-state index in [4.69, 9.17) is 9.94 Å². The molecule has 1 aromatic rings. The van der Waals surface area contributed by atoms with E-state index in [1.165, 1.54) is 6.42 Å². The average Bonchev–Trinajstić information content (AvgIpc) is 2.36. The van der Waals surface area contributed by atoms with E-state index in [1.807, 2.05) is 25.1 Å². The van der Waals surface area contributed by atoms with E-state index in [0.29, 0.717) is 18.2 Å². The summed E-state index contributed by atoms with van der Waals surface area (Å²) in [4.78, 5) is 0. The van der Waals surface area contributed by atoms with Crippen LogP contribution in [0.3, 0.4) is 0 Å². The zero-order valence-corrected chi connectivity index (χ0v) is 11.7. The topological polar surface area (TPSA) is 41.8 Å². The fourth-order valence-corrected chi connectivity index (χ4v) is 1.91. The molecule has 1 atom stereocenters. The number of rotatable bonds is 6. The van der Waals surface area contributed by atoms with Gasteiger partial charge in [-0.25, -0.2) is 0 Å². The molecule has 3 nitrogen and oxygen atoms in total. The zero-order chi connectivity index (χ0) is 13.5. The fourth-order valence-electron chi connectivity index (χ4n) is 1.91. The molecule has 0 aliphatic rings. The van der Waals surface area contributed by atoms with Gasteiger partial charge >= 0.3 is 0 Å². The minimum absolute atomic E-state index is 0.537. The minimum atomic E-state index is 0.537. The molecule has 0 heterocycles. The normalized spacial score (nSPS) is 13.4. The van der Waals surface area contributed by atoms with Crippen LogP contribution in [0.15, 0.2) is 23.4 Å². The van der Waals surface area contributed by atoms with Crippen LogP contribution in [0.25, 0.3) is 0 Å². The molecule has 0 amide bonds. The molecule has 1 N–H and O–H groups in total. The van der Waals surface area contributed by atoms with E-state index in [9.17, 15) is 0 Å². The third-order valence-corrected chi connectivity index (χ3v) is 2.98. The molecule has 18 heavy (non-hydrogen) atoms. The first-order valence-corrected chi connectivity index (χ1v) is 6.51. The molecule has 0 radical (unpaired) electrons. The molecule has 0 aliphatic heterocycles. The van der Waals surface area contributed by atoms with Crippen LogP contribution in [0.5, 0.6) is 5.75 Å². The van der Waals surface area contributed by atoms with Crippen molar-refractivity contribution in [3.8, 4) is 5.75 Å². The number of nitrogens with zero attached hydrogens (tertiary/aromatic N) is 1. The van der Waals surface area contributed by atoms with Crippen LogP contribution in [0.1, 0.15) is 44.7 Å². The minimum Gasteiger partial charge on any atom is -0.493 e. The summed E-state index contributed by atoms with van der Waals surface area (Å²) >= 11 is 0. The van der Waals surface area contributed by atoms with Gasteiger partial charge in [0.2, 0.25) is 0 Å². The molecule has 100 valence electrons. The summed E-state index contributed by atoms with van der Waals surface area (Å²) in [6.45, 7) is 8.86. The van der Waals surface area contributed by atoms with Crippen molar-refractivity contribution in [3.05, 3.63) is 29.3 Å². The van der Waals surface area contributed by atoms with Crippen LogP contribution < -0.4 is 4.74 Å². The molecule has 0 bridgehead atoms. The van der Waals surface area contributed by atoms with E-state index >= 15 is 0 Å². The molecular weight excluding hydrogens is 226 g/mol. The van der Waals surface area contributed by atoms with Crippen LogP contribution in [0.2, 0.25) is 0 Å². The summed E-state index contributed by atoms with van der Waals surface area (Å²) in [6, 6.07) is 5.92. The van der Waals surface area contributed by atoms with Crippen LogP contribution >= 0.6 is 0 Å². The number of hydrogen-bond acceptors (Lipinski definition) is 3. The van der Waals surface area contributed by atoms with Crippen molar-refractivity contribution in [2.45, 2.75) is 40.5 Å². The van der Waals surface area contributed by atoms with E-state index in [-0.39, 0.29) is 0 Å². The quantitative estimate of drug-likeness (QED) is 0.470. The first kappa shape index (κ1) is 14.6. The summed E-state index contributed by atoms with van der Waals surface area (Å²) in [7, 11) is 0. The van der Waals surface area contributed by atoms with Crippen molar-refractivity contribution in [2.75, 3.05) is 6.61 Å². The maximum atomic E-state index is 8.88. The van der Waals surface area contributed by atoms with Crippen molar-refractivity contribution >= 4 is 5.71 Å². The Bertz CT molecular complexity index is 413. The highest BCUT2D eigenvalue weighted by atomic mass is 16.5. The molecule has 1 aromatic carbocycles. The Morgan fingerprint density at radius 1 is 1.44 bits per heavy atom. The van der Waals surface area contributed by atoms with Gasteiger partial charge in [0.05, 0.1) is 12.3 Å². The fraction of sp³-hybridized carbons (Fsp3) is 0.533. The maximum absolute atomic E-state index is 8.88. The zero-order valence-electron chi connectivity index (χ0n) is 11.7. The summed E-state index contributed by atoms with van der Waals surface area (Å²) in [5, 5.41) is 12.1. The van der Waals surface area contributed by atoms with Crippen LogP contribution in [0, 0.1) is 12.8 Å². The Hall–Kier alpha value is -1.51. The van der Waals surface area contributed by atoms with Crippen molar-refractivity contribution < 1.29 is 9.94 Å². The van der Waals surface area contributed by atoms with E-state index < -0.39 is 0 Å². The van der Waals surface area contributed by atoms with Gasteiger partial charge in [0.25, 0.3) is 0 Å². The van der Waals surface area contributed by atoms with Gasteiger partial charge in [-0.05, 0) is 43.9 Å². The maximum Gasteiger partial charge on any atom is 0.128 e. The Balaban J connectivity index is 2.83. The first-order chi connectivity index (χ1) is 8.58. The van der Waals surface area contributed by atoms with E-state index in [1.54, 1.807) is 6.92 Å². The molecule has 1 unspecified atom stereocenters. The summed E-state index contributed by atoms with van der Waals surface area (Å²) < 4.78 is 5.86. The number of aryl methyl sites for hydroxylation is 1. The highest BCUT2D eigenvalue weighted by molar-refractivity contribution is 6.00. The van der Waals surface area contributed by atoms with Crippen LogP contribution in [0.4, 0.5) is 0 Å². The van der Waals surface area contributed by atoms with Crippen LogP contribution in [-0.2, 0) is 0 Å². The summed E-state index contributed by atoms with van der Waals surface area (Å²) in [6.07, 6.45) is 2.33. The third kappa shape index (κ3) is 4.06. The molecule has 0 aromatic heterocycles. The monoisotopic (exact) mass is 249 g/mol. The SMILES string of the molecule is CCCC(C)COc1cc(C)ccc1/C(C)=N/O. The van der Waals surface area contributed by atoms with E-state index in [0.717, 1.165) is 23.3 Å². The van der Waals surface area contributed by atoms with Crippen molar-refractivity contribution in [3.63, 3.8) is 0 Å². The molecular formula is C15H23NO2. The van der Waals surface area contributed by atoms with Gasteiger partial charge in [-0.2, -0.15) is 0 Å². The van der Waals surface area contributed by atoms with Gasteiger partial charge < -0.3 is 9.94 Å². The lowest BCUT2D eigenvalue weighted by atomic mass is 10.1. The van der Waals surface area contributed by atoms with Gasteiger partial charge in [-0.1, -0.05) is 31.5 Å². The smallest absolute Gasteiger partial charge is 0.128 e. The molecule has 0 saturated carbocycles. The van der Waals surface area contributed by atoms with Gasteiger partial charge in [-0.3, -0.25) is 0 Å². The van der Waals surface area contributed by atoms with E-state index in [2.05, 4.69) is 19.0 Å². The van der Waals surface area contributed by atoms with Crippen molar-refractivity contribution in [2.24, 2.45) is 11.1 Å². The number of oxime groups is 1. The van der Waals surface area contributed by atoms with Crippen molar-refractivity contribution in [1.29, 1.82) is 0 Å². The van der Waals surface area contributed by atoms with Gasteiger partial charge in [0.1, 0.15) is 5.75 Å². The number of ether oxygens (including phenoxy) is 1. The van der Waals surface area contributed by atoms with Crippen LogP contribution in [-0.4, -0.2) is 17.5 Å². The lowest BCUT2D eigenvalue weighted by Crippen LogP contribution is -2.10. The Morgan fingerprint density at radius 2 is 2.17 bits per heavy atom. The molecule has 0 spiro atoms. The second-order valence-corrected chi connectivity index (χ2v) is 4.89. The Labute approximate surface area is 109 Å². The number of benzene rings is 1. The second-order valence-electron chi connectivity index (χ2n) is 4.89. The largest absolute Gasteiger partial charge is 0.493 e. The predicted molar refractivity (Wildman–Crippen MR) is 74.7 cm³/mol. The second kappa shape index (κ2) is 7.04. The molecule has 1 rings (SSSR count). The third-order valence-electron chi connectivity index (χ3n) is 2.98. The Morgan fingerprint density at radius 3 is 2.78 bits per heavy atom. The summed E-state index contributed by atoms with van der Waals surface area (Å²) in [5.41, 5.74) is 2.57. The lowest BCUT2D eigenvalue weighted by molar-refractivity contribution is 0.250. The van der Waals surface area contributed by atoms with Gasteiger partial charge in [-0.15, -0.1) is 0 Å². The number of hydrogen-bond donors (Lipinski definition) is 1. The highest BCUT2D eigenvalue weighted by Gasteiger charge is 2.09. The molecule has 0 aliphatic carbocycles. The predicted octanol–water partition coefficient (Wildman–Crippen LogP) is 4.01. The molecule has 0 saturated heterocycles. The van der Waals surface area contributed by atoms with Gasteiger partial charge in [0.15, 0.2) is 0 Å². The Kier molecular flexibility index (Phi) is 5.69. The lowest BCUT2D eigenvalue weighted by Gasteiger charge is -2.15. The first-order valence-electron chi connectivity index (χ1n) is 6.51. The average molecular weight is 249 g/mol. The highest BCUT2D eigenvalue weighted by Crippen LogP contribution is 2.22.